The Hall–Kier alpha value is -1.88. The van der Waals surface area contributed by atoms with Gasteiger partial charge < -0.3 is 9.13 Å². The van der Waals surface area contributed by atoms with E-state index < -0.39 is 0 Å². The van der Waals surface area contributed by atoms with E-state index in [9.17, 15) is 4.39 Å². The maximum absolute atomic E-state index is 13.3. The van der Waals surface area contributed by atoms with Crippen LogP contribution in [-0.2, 0) is 12.4 Å². The normalized spacial score (nSPS) is 12.9. The third kappa shape index (κ3) is 2.29. The molecule has 1 unspecified atom stereocenters. The SMILES string of the molecule is CC(Cn1ccnc1)n1c(CCl)nc2cc(F)ccc21. The van der Waals surface area contributed by atoms with Gasteiger partial charge in [-0.25, -0.2) is 14.4 Å². The summed E-state index contributed by atoms with van der Waals surface area (Å²) in [7, 11) is 0. The lowest BCUT2D eigenvalue weighted by Gasteiger charge is -2.17. The molecular weight excluding hydrogens is 279 g/mol. The van der Waals surface area contributed by atoms with Crippen LogP contribution in [0.5, 0.6) is 0 Å². The third-order valence-electron chi connectivity index (χ3n) is 3.32. The Balaban J connectivity index is 2.04. The van der Waals surface area contributed by atoms with E-state index in [1.807, 2.05) is 10.8 Å². The predicted octanol–water partition coefficient (Wildman–Crippen LogP) is 3.37. The zero-order valence-corrected chi connectivity index (χ0v) is 11.8. The van der Waals surface area contributed by atoms with Crippen LogP contribution in [0.1, 0.15) is 18.8 Å². The molecule has 0 N–H and O–H groups in total. The van der Waals surface area contributed by atoms with Gasteiger partial charge >= 0.3 is 0 Å². The number of rotatable bonds is 4. The summed E-state index contributed by atoms with van der Waals surface area (Å²) in [5, 5.41) is 0. The van der Waals surface area contributed by atoms with Gasteiger partial charge in [-0.2, -0.15) is 0 Å². The second kappa shape index (κ2) is 5.25. The van der Waals surface area contributed by atoms with E-state index in [0.29, 0.717) is 11.4 Å². The first-order valence-corrected chi connectivity index (χ1v) is 6.90. The van der Waals surface area contributed by atoms with Crippen LogP contribution >= 0.6 is 11.6 Å². The van der Waals surface area contributed by atoms with E-state index in [1.54, 1.807) is 18.6 Å². The van der Waals surface area contributed by atoms with Gasteiger partial charge in [0.1, 0.15) is 11.6 Å². The Kier molecular flexibility index (Phi) is 3.44. The first kappa shape index (κ1) is 13.1. The molecule has 0 aliphatic rings. The van der Waals surface area contributed by atoms with Crippen molar-refractivity contribution in [2.45, 2.75) is 25.4 Å². The van der Waals surface area contributed by atoms with E-state index >= 15 is 0 Å². The largest absolute Gasteiger partial charge is 0.335 e. The number of nitrogens with zero attached hydrogens (tertiary/aromatic N) is 4. The highest BCUT2D eigenvalue weighted by Crippen LogP contribution is 2.24. The van der Waals surface area contributed by atoms with Gasteiger partial charge in [0.15, 0.2) is 0 Å². The van der Waals surface area contributed by atoms with Crippen molar-refractivity contribution < 1.29 is 4.39 Å². The molecule has 0 aliphatic heterocycles. The Morgan fingerprint density at radius 1 is 1.40 bits per heavy atom. The molecule has 3 rings (SSSR count). The quantitative estimate of drug-likeness (QED) is 0.691. The Labute approximate surface area is 120 Å². The van der Waals surface area contributed by atoms with Crippen LogP contribution in [0, 0.1) is 5.82 Å². The van der Waals surface area contributed by atoms with Crippen LogP contribution in [-0.4, -0.2) is 19.1 Å². The van der Waals surface area contributed by atoms with Gasteiger partial charge in [0.2, 0.25) is 0 Å². The van der Waals surface area contributed by atoms with Crippen molar-refractivity contribution in [3.05, 3.63) is 48.6 Å². The molecule has 2 aromatic heterocycles. The molecule has 0 amide bonds. The minimum Gasteiger partial charge on any atom is -0.335 e. The van der Waals surface area contributed by atoms with Crippen LogP contribution in [0.15, 0.2) is 36.9 Å². The van der Waals surface area contributed by atoms with Crippen LogP contribution < -0.4 is 0 Å². The van der Waals surface area contributed by atoms with Gasteiger partial charge in [-0.3, -0.25) is 0 Å². The molecule has 0 bridgehead atoms. The lowest BCUT2D eigenvalue weighted by molar-refractivity contribution is 0.464. The van der Waals surface area contributed by atoms with Gasteiger partial charge in [-0.05, 0) is 19.1 Å². The molecule has 1 aromatic carbocycles. The molecule has 0 spiro atoms. The zero-order chi connectivity index (χ0) is 14.1. The number of aromatic nitrogens is 4. The molecule has 0 saturated heterocycles. The van der Waals surface area contributed by atoms with Gasteiger partial charge in [0.25, 0.3) is 0 Å². The van der Waals surface area contributed by atoms with Crippen LogP contribution in [0.3, 0.4) is 0 Å². The topological polar surface area (TPSA) is 35.6 Å². The molecule has 2 heterocycles. The minimum absolute atomic E-state index is 0.147. The number of hydrogen-bond acceptors (Lipinski definition) is 2. The van der Waals surface area contributed by atoms with Gasteiger partial charge in [0, 0.05) is 25.0 Å². The van der Waals surface area contributed by atoms with E-state index in [4.69, 9.17) is 11.6 Å². The molecule has 0 fully saturated rings. The van der Waals surface area contributed by atoms with Crippen molar-refractivity contribution in [1.82, 2.24) is 19.1 Å². The van der Waals surface area contributed by atoms with Crippen LogP contribution in [0.25, 0.3) is 11.0 Å². The zero-order valence-electron chi connectivity index (χ0n) is 11.0. The van der Waals surface area contributed by atoms with Crippen LogP contribution in [0.2, 0.25) is 0 Å². The van der Waals surface area contributed by atoms with Crippen molar-refractivity contribution >= 4 is 22.6 Å². The standard InChI is InChI=1S/C14H14ClFN4/c1-10(8-19-5-4-17-9-19)20-13-3-2-11(16)6-12(13)18-14(20)7-15/h2-6,9-10H,7-8H2,1H3. The summed E-state index contributed by atoms with van der Waals surface area (Å²) in [6, 6.07) is 4.78. The third-order valence-corrected chi connectivity index (χ3v) is 3.56. The number of fused-ring (bicyclic) bond motifs is 1. The summed E-state index contributed by atoms with van der Waals surface area (Å²) in [5.74, 6) is 0.760. The molecule has 0 saturated carbocycles. The number of alkyl halides is 1. The Morgan fingerprint density at radius 2 is 2.25 bits per heavy atom. The number of imidazole rings is 2. The fourth-order valence-electron chi connectivity index (χ4n) is 2.49. The summed E-state index contributed by atoms with van der Waals surface area (Å²) in [6.07, 6.45) is 5.43. The molecule has 4 nitrogen and oxygen atoms in total. The highest BCUT2D eigenvalue weighted by Gasteiger charge is 2.16. The summed E-state index contributed by atoms with van der Waals surface area (Å²) >= 11 is 5.97. The smallest absolute Gasteiger partial charge is 0.125 e. The fraction of sp³-hybridized carbons (Fsp3) is 0.286. The van der Waals surface area contributed by atoms with Crippen LogP contribution in [0.4, 0.5) is 4.39 Å². The molecule has 1 atom stereocenters. The second-order valence-corrected chi connectivity index (χ2v) is 5.04. The number of hydrogen-bond donors (Lipinski definition) is 0. The first-order chi connectivity index (χ1) is 9.69. The average molecular weight is 293 g/mol. The summed E-state index contributed by atoms with van der Waals surface area (Å²) < 4.78 is 17.3. The maximum atomic E-state index is 13.3. The van der Waals surface area contributed by atoms with Gasteiger partial charge in [0.05, 0.1) is 29.3 Å². The molecule has 104 valence electrons. The van der Waals surface area contributed by atoms with Crippen molar-refractivity contribution in [2.24, 2.45) is 0 Å². The molecule has 20 heavy (non-hydrogen) atoms. The molecular formula is C14H14ClFN4. The number of benzene rings is 1. The predicted molar refractivity (Wildman–Crippen MR) is 76.2 cm³/mol. The number of halogens is 2. The Morgan fingerprint density at radius 3 is 2.95 bits per heavy atom. The second-order valence-electron chi connectivity index (χ2n) is 4.77. The lowest BCUT2D eigenvalue weighted by Crippen LogP contribution is -2.14. The molecule has 0 radical (unpaired) electrons. The van der Waals surface area contributed by atoms with Gasteiger partial charge in [-0.15, -0.1) is 11.6 Å². The van der Waals surface area contributed by atoms with E-state index in [0.717, 1.165) is 17.9 Å². The minimum atomic E-state index is -0.287. The van der Waals surface area contributed by atoms with Crippen molar-refractivity contribution in [3.63, 3.8) is 0 Å². The monoisotopic (exact) mass is 292 g/mol. The lowest BCUT2D eigenvalue weighted by atomic mass is 10.2. The Bertz CT molecular complexity index is 720. The van der Waals surface area contributed by atoms with Crippen molar-refractivity contribution in [1.29, 1.82) is 0 Å². The highest BCUT2D eigenvalue weighted by molar-refractivity contribution is 6.16. The molecule has 3 aromatic rings. The molecule has 6 heteroatoms. The maximum Gasteiger partial charge on any atom is 0.125 e. The van der Waals surface area contributed by atoms with E-state index in [1.165, 1.54) is 12.1 Å². The first-order valence-electron chi connectivity index (χ1n) is 6.37. The summed E-state index contributed by atoms with van der Waals surface area (Å²) in [5.41, 5.74) is 1.53. The van der Waals surface area contributed by atoms with Gasteiger partial charge in [-0.1, -0.05) is 0 Å². The van der Waals surface area contributed by atoms with E-state index in [2.05, 4.69) is 21.5 Å². The summed E-state index contributed by atoms with van der Waals surface area (Å²) in [4.78, 5) is 8.44. The molecule has 0 aliphatic carbocycles. The van der Waals surface area contributed by atoms with Crippen molar-refractivity contribution in [2.75, 3.05) is 0 Å². The highest BCUT2D eigenvalue weighted by atomic mass is 35.5. The average Bonchev–Trinajstić information content (AvgIpc) is 3.04. The van der Waals surface area contributed by atoms with E-state index in [-0.39, 0.29) is 11.9 Å². The summed E-state index contributed by atoms with van der Waals surface area (Å²) in [6.45, 7) is 2.84. The fourth-order valence-corrected chi connectivity index (χ4v) is 2.68. The van der Waals surface area contributed by atoms with Crippen molar-refractivity contribution in [3.8, 4) is 0 Å².